The second-order valence-electron chi connectivity index (χ2n) is 7.14. The van der Waals surface area contributed by atoms with Gasteiger partial charge in [0.1, 0.15) is 5.40 Å². The van der Waals surface area contributed by atoms with Gasteiger partial charge in [-0.15, -0.1) is 0 Å². The fourth-order valence-electron chi connectivity index (χ4n) is 3.54. The zero-order valence-electron chi connectivity index (χ0n) is 18.5. The van der Waals surface area contributed by atoms with Gasteiger partial charge < -0.3 is 13.6 Å². The molecule has 166 valence electrons. The van der Waals surface area contributed by atoms with Gasteiger partial charge in [-0.25, -0.2) is 0 Å². The molecule has 0 saturated carbocycles. The van der Waals surface area contributed by atoms with Crippen LogP contribution in [0.25, 0.3) is 11.1 Å². The van der Waals surface area contributed by atoms with E-state index in [-0.39, 0.29) is 13.2 Å². The van der Waals surface area contributed by atoms with E-state index in [1.807, 2.05) is 18.2 Å². The van der Waals surface area contributed by atoms with Crippen molar-refractivity contribution >= 4 is 15.0 Å². The highest BCUT2D eigenvalue weighted by atomic mass is 31.2. The number of benzene rings is 2. The van der Waals surface area contributed by atoms with Crippen LogP contribution in [0.4, 0.5) is 0 Å². The van der Waals surface area contributed by atoms with Gasteiger partial charge in [-0.05, 0) is 56.7 Å². The molecule has 0 aliphatic rings. The van der Waals surface area contributed by atoms with Gasteiger partial charge in [0, 0.05) is 6.66 Å². The van der Waals surface area contributed by atoms with Crippen molar-refractivity contribution in [2.75, 3.05) is 26.5 Å². The Morgan fingerprint density at radius 3 is 1.83 bits per heavy atom. The Labute approximate surface area is 181 Å². The van der Waals surface area contributed by atoms with Crippen molar-refractivity contribution in [3.8, 4) is 11.1 Å². The Morgan fingerprint density at radius 1 is 0.767 bits per heavy atom. The van der Waals surface area contributed by atoms with Crippen molar-refractivity contribution in [1.82, 2.24) is 0 Å². The summed E-state index contributed by atoms with van der Waals surface area (Å²) in [7, 11) is -6.70. The average molecular weight is 452 g/mol. The van der Waals surface area contributed by atoms with Crippen LogP contribution >= 0.6 is 15.0 Å². The Kier molecular flexibility index (Phi) is 10.0. The normalized spacial score (nSPS) is 14.9. The molecule has 2 aromatic rings. The summed E-state index contributed by atoms with van der Waals surface area (Å²) in [6.07, 6.45) is 1.95. The van der Waals surface area contributed by atoms with E-state index >= 15 is 0 Å². The molecule has 0 saturated heterocycles. The highest BCUT2D eigenvalue weighted by Gasteiger charge is 2.46. The first-order valence-corrected chi connectivity index (χ1v) is 14.4. The molecular formula is C23H34O5P2. The Hall–Kier alpha value is -1.22. The van der Waals surface area contributed by atoms with Crippen LogP contribution in [0.3, 0.4) is 0 Å². The molecule has 7 heteroatoms. The van der Waals surface area contributed by atoms with E-state index in [1.165, 1.54) is 16.7 Å². The summed E-state index contributed by atoms with van der Waals surface area (Å²) in [4.78, 5) is 0. The number of aryl methyl sites for hydroxylation is 1. The second-order valence-corrected chi connectivity index (χ2v) is 12.5. The second kappa shape index (κ2) is 12.0. The van der Waals surface area contributed by atoms with Crippen molar-refractivity contribution in [2.45, 2.75) is 45.4 Å². The molecule has 30 heavy (non-hydrogen) atoms. The fraction of sp³-hybridized carbons (Fsp3) is 0.478. The Morgan fingerprint density at radius 2 is 1.30 bits per heavy atom. The molecule has 5 nitrogen and oxygen atoms in total. The molecule has 0 spiro atoms. The van der Waals surface area contributed by atoms with E-state index in [9.17, 15) is 9.13 Å². The molecule has 0 heterocycles. The van der Waals surface area contributed by atoms with E-state index in [0.717, 1.165) is 6.42 Å². The predicted octanol–water partition coefficient (Wildman–Crippen LogP) is 7.21. The summed E-state index contributed by atoms with van der Waals surface area (Å²) in [5.74, 6) is 0. The minimum absolute atomic E-state index is 0.237. The molecule has 0 N–H and O–H groups in total. The maximum atomic E-state index is 13.4. The molecule has 0 aromatic heterocycles. The van der Waals surface area contributed by atoms with E-state index < -0.39 is 20.4 Å². The minimum Gasteiger partial charge on any atom is -0.328 e. The van der Waals surface area contributed by atoms with Gasteiger partial charge in [-0.1, -0.05) is 54.6 Å². The summed E-state index contributed by atoms with van der Waals surface area (Å²) in [5.41, 5.74) is 3.53. The van der Waals surface area contributed by atoms with Crippen LogP contribution in [0.5, 0.6) is 0 Å². The molecule has 2 unspecified atom stereocenters. The van der Waals surface area contributed by atoms with Gasteiger partial charge in [0.2, 0.25) is 7.37 Å². The standard InChI is InChI=1S/C23H34O5P2/c1-5-26-29(4,24)23(30(25,27-6-2)28-7-3)15-11-12-20-16-18-22(19-17-20)21-13-9-8-10-14-21/h8-10,13-14,16-19,23H,5-7,11-12,15H2,1-4H3. The minimum atomic E-state index is -3.54. The van der Waals surface area contributed by atoms with Crippen LogP contribution in [0.1, 0.15) is 39.2 Å². The monoisotopic (exact) mass is 452 g/mol. The average Bonchev–Trinajstić information content (AvgIpc) is 2.72. The molecule has 0 radical (unpaired) electrons. The Balaban J connectivity index is 2.09. The lowest BCUT2D eigenvalue weighted by atomic mass is 10.0. The van der Waals surface area contributed by atoms with E-state index in [0.29, 0.717) is 19.4 Å². The van der Waals surface area contributed by atoms with Crippen LogP contribution in [0.15, 0.2) is 54.6 Å². The van der Waals surface area contributed by atoms with Crippen LogP contribution in [-0.2, 0) is 29.1 Å². The number of hydrogen-bond donors (Lipinski definition) is 0. The molecule has 2 rings (SSSR count). The van der Waals surface area contributed by atoms with Gasteiger partial charge in [0.15, 0.2) is 0 Å². The van der Waals surface area contributed by atoms with Crippen molar-refractivity contribution in [3.05, 3.63) is 60.2 Å². The number of rotatable bonds is 13. The quantitative estimate of drug-likeness (QED) is 0.300. The third-order valence-electron chi connectivity index (χ3n) is 4.90. The predicted molar refractivity (Wildman–Crippen MR) is 125 cm³/mol. The van der Waals surface area contributed by atoms with Crippen molar-refractivity contribution in [1.29, 1.82) is 0 Å². The van der Waals surface area contributed by atoms with Crippen LogP contribution in [0, 0.1) is 0 Å². The lowest BCUT2D eigenvalue weighted by Gasteiger charge is -2.30. The topological polar surface area (TPSA) is 61.8 Å². The SMILES string of the molecule is CCOP(C)(=O)C(CCCc1ccc(-c2ccccc2)cc1)P(=O)(OCC)OCC. The van der Waals surface area contributed by atoms with Crippen molar-refractivity contribution in [3.63, 3.8) is 0 Å². The molecule has 0 aliphatic carbocycles. The maximum absolute atomic E-state index is 13.4. The first-order valence-electron chi connectivity index (χ1n) is 10.6. The summed E-state index contributed by atoms with van der Waals surface area (Å²) in [5, 5.41) is -0.756. The highest BCUT2D eigenvalue weighted by molar-refractivity contribution is 7.74. The zero-order chi connectivity index (χ0) is 22.0. The molecule has 2 aromatic carbocycles. The van der Waals surface area contributed by atoms with Gasteiger partial charge in [-0.3, -0.25) is 9.13 Å². The Bertz CT molecular complexity index is 842. The zero-order valence-corrected chi connectivity index (χ0v) is 20.2. The summed E-state index contributed by atoms with van der Waals surface area (Å²) >= 11 is 0. The maximum Gasteiger partial charge on any atom is 0.343 e. The van der Waals surface area contributed by atoms with Gasteiger partial charge >= 0.3 is 7.60 Å². The fourth-order valence-corrected chi connectivity index (χ4v) is 9.17. The van der Waals surface area contributed by atoms with Crippen LogP contribution in [0.2, 0.25) is 0 Å². The lowest BCUT2D eigenvalue weighted by Crippen LogP contribution is -2.16. The first kappa shape index (κ1) is 25.0. The molecule has 0 amide bonds. The molecule has 2 atom stereocenters. The smallest absolute Gasteiger partial charge is 0.328 e. The van der Waals surface area contributed by atoms with Crippen LogP contribution < -0.4 is 0 Å². The molecule has 0 aliphatic heterocycles. The lowest BCUT2D eigenvalue weighted by molar-refractivity contribution is 0.213. The van der Waals surface area contributed by atoms with Gasteiger partial charge in [0.25, 0.3) is 0 Å². The number of hydrogen-bond acceptors (Lipinski definition) is 5. The first-order chi connectivity index (χ1) is 14.4. The summed E-state index contributed by atoms with van der Waals surface area (Å²) < 4.78 is 43.1. The highest BCUT2D eigenvalue weighted by Crippen LogP contribution is 2.69. The molecule has 0 fully saturated rings. The third-order valence-corrected chi connectivity index (χ3v) is 11.3. The van der Waals surface area contributed by atoms with E-state index in [1.54, 1.807) is 27.4 Å². The summed E-state index contributed by atoms with van der Waals surface area (Å²) in [6.45, 7) is 7.62. The summed E-state index contributed by atoms with van der Waals surface area (Å²) in [6, 6.07) is 18.7. The van der Waals surface area contributed by atoms with Gasteiger partial charge in [-0.2, -0.15) is 0 Å². The van der Waals surface area contributed by atoms with Crippen molar-refractivity contribution in [2.24, 2.45) is 0 Å². The van der Waals surface area contributed by atoms with Crippen molar-refractivity contribution < 1.29 is 22.7 Å². The van der Waals surface area contributed by atoms with Crippen LogP contribution in [-0.4, -0.2) is 31.9 Å². The largest absolute Gasteiger partial charge is 0.343 e. The third kappa shape index (κ3) is 6.90. The van der Waals surface area contributed by atoms with Gasteiger partial charge in [0.05, 0.1) is 19.8 Å². The van der Waals surface area contributed by atoms with E-state index in [4.69, 9.17) is 13.6 Å². The molecular weight excluding hydrogens is 418 g/mol. The van der Waals surface area contributed by atoms with E-state index in [2.05, 4.69) is 36.4 Å². The molecule has 0 bridgehead atoms.